The summed E-state index contributed by atoms with van der Waals surface area (Å²) in [7, 11) is 0. The highest BCUT2D eigenvalue weighted by atomic mass is 35.5. The van der Waals surface area contributed by atoms with E-state index in [4.69, 9.17) is 11.6 Å². The molecule has 1 aromatic rings. The van der Waals surface area contributed by atoms with Crippen LogP contribution in [-0.4, -0.2) is 0 Å². The SMILES string of the molecule is CCC1CCC(C#N)(Cc2cccc(F)c2Cl)C1. The maximum atomic E-state index is 13.4. The van der Waals surface area contributed by atoms with Gasteiger partial charge in [0.2, 0.25) is 0 Å². The molecule has 18 heavy (non-hydrogen) atoms. The Bertz CT molecular complexity index is 480. The van der Waals surface area contributed by atoms with E-state index in [1.807, 2.05) is 6.07 Å². The van der Waals surface area contributed by atoms with Gasteiger partial charge in [-0.3, -0.25) is 0 Å². The lowest BCUT2D eigenvalue weighted by Crippen LogP contribution is -2.18. The van der Waals surface area contributed by atoms with Crippen molar-refractivity contribution in [1.29, 1.82) is 5.26 Å². The molecule has 0 aliphatic heterocycles. The van der Waals surface area contributed by atoms with E-state index in [2.05, 4.69) is 13.0 Å². The molecule has 1 fully saturated rings. The second kappa shape index (κ2) is 5.28. The zero-order valence-electron chi connectivity index (χ0n) is 10.5. The summed E-state index contributed by atoms with van der Waals surface area (Å²) in [4.78, 5) is 0. The van der Waals surface area contributed by atoms with E-state index in [1.165, 1.54) is 6.07 Å². The highest BCUT2D eigenvalue weighted by molar-refractivity contribution is 6.31. The summed E-state index contributed by atoms with van der Waals surface area (Å²) < 4.78 is 13.4. The predicted octanol–water partition coefficient (Wildman–Crippen LogP) is 4.74. The summed E-state index contributed by atoms with van der Waals surface area (Å²) >= 11 is 5.98. The van der Waals surface area contributed by atoms with Gasteiger partial charge in [-0.1, -0.05) is 37.1 Å². The van der Waals surface area contributed by atoms with Crippen molar-refractivity contribution in [2.75, 3.05) is 0 Å². The van der Waals surface area contributed by atoms with Crippen LogP contribution in [0.4, 0.5) is 4.39 Å². The fourth-order valence-corrected chi connectivity index (χ4v) is 3.13. The van der Waals surface area contributed by atoms with Gasteiger partial charge in [0.15, 0.2) is 0 Å². The van der Waals surface area contributed by atoms with E-state index in [-0.39, 0.29) is 10.4 Å². The molecule has 0 saturated heterocycles. The van der Waals surface area contributed by atoms with E-state index in [0.717, 1.165) is 31.2 Å². The Kier molecular flexibility index (Phi) is 3.92. The van der Waals surface area contributed by atoms with Crippen molar-refractivity contribution in [3.8, 4) is 6.07 Å². The van der Waals surface area contributed by atoms with Crippen LogP contribution in [0.15, 0.2) is 18.2 Å². The highest BCUT2D eigenvalue weighted by Crippen LogP contribution is 2.45. The number of nitrogens with zero attached hydrogens (tertiary/aromatic N) is 1. The van der Waals surface area contributed by atoms with Crippen LogP contribution < -0.4 is 0 Å². The zero-order chi connectivity index (χ0) is 13.2. The van der Waals surface area contributed by atoms with Crippen LogP contribution in [0.5, 0.6) is 0 Å². The largest absolute Gasteiger partial charge is 0.205 e. The first kappa shape index (κ1) is 13.4. The van der Waals surface area contributed by atoms with E-state index in [0.29, 0.717) is 12.3 Å². The Labute approximate surface area is 113 Å². The van der Waals surface area contributed by atoms with Crippen LogP contribution >= 0.6 is 11.6 Å². The van der Waals surface area contributed by atoms with Gasteiger partial charge in [0.05, 0.1) is 16.5 Å². The first-order valence-electron chi connectivity index (χ1n) is 6.44. The monoisotopic (exact) mass is 265 g/mol. The zero-order valence-corrected chi connectivity index (χ0v) is 11.3. The van der Waals surface area contributed by atoms with Crippen LogP contribution in [0.2, 0.25) is 5.02 Å². The topological polar surface area (TPSA) is 23.8 Å². The molecule has 1 aromatic carbocycles. The van der Waals surface area contributed by atoms with Crippen LogP contribution in [0.1, 0.15) is 38.2 Å². The number of rotatable bonds is 3. The minimum atomic E-state index is -0.396. The van der Waals surface area contributed by atoms with Crippen molar-refractivity contribution in [1.82, 2.24) is 0 Å². The molecule has 3 heteroatoms. The molecule has 0 aromatic heterocycles. The normalized spacial score (nSPS) is 27.1. The molecule has 1 nitrogen and oxygen atoms in total. The number of nitriles is 1. The van der Waals surface area contributed by atoms with Crippen molar-refractivity contribution in [3.63, 3.8) is 0 Å². The van der Waals surface area contributed by atoms with E-state index >= 15 is 0 Å². The Morgan fingerprint density at radius 1 is 1.56 bits per heavy atom. The summed E-state index contributed by atoms with van der Waals surface area (Å²) in [6, 6.07) is 7.30. The van der Waals surface area contributed by atoms with Crippen molar-refractivity contribution in [3.05, 3.63) is 34.6 Å². The van der Waals surface area contributed by atoms with E-state index in [1.54, 1.807) is 6.07 Å². The van der Waals surface area contributed by atoms with Gasteiger partial charge in [-0.2, -0.15) is 5.26 Å². The Morgan fingerprint density at radius 2 is 2.33 bits per heavy atom. The lowest BCUT2D eigenvalue weighted by molar-refractivity contribution is 0.380. The molecule has 0 N–H and O–H groups in total. The predicted molar refractivity (Wildman–Crippen MR) is 70.8 cm³/mol. The van der Waals surface area contributed by atoms with Gasteiger partial charge in [-0.05, 0) is 43.2 Å². The number of halogens is 2. The van der Waals surface area contributed by atoms with Gasteiger partial charge in [0.25, 0.3) is 0 Å². The Hall–Kier alpha value is -1.07. The van der Waals surface area contributed by atoms with Gasteiger partial charge in [-0.15, -0.1) is 0 Å². The second-order valence-corrected chi connectivity index (χ2v) is 5.68. The summed E-state index contributed by atoms with van der Waals surface area (Å²) in [5.41, 5.74) is 0.410. The summed E-state index contributed by atoms with van der Waals surface area (Å²) in [5.74, 6) is 0.226. The highest BCUT2D eigenvalue weighted by Gasteiger charge is 2.39. The summed E-state index contributed by atoms with van der Waals surface area (Å²) in [6.45, 7) is 2.16. The van der Waals surface area contributed by atoms with Gasteiger partial charge in [-0.25, -0.2) is 4.39 Å². The molecule has 2 atom stereocenters. The molecule has 0 radical (unpaired) electrons. The van der Waals surface area contributed by atoms with Crippen LogP contribution in [0, 0.1) is 28.5 Å². The van der Waals surface area contributed by atoms with Crippen molar-refractivity contribution < 1.29 is 4.39 Å². The summed E-state index contributed by atoms with van der Waals surface area (Å²) in [5, 5.41) is 9.64. The Balaban J connectivity index is 2.22. The molecule has 96 valence electrons. The third kappa shape index (κ3) is 2.52. The maximum Gasteiger partial charge on any atom is 0.142 e. The molecular weight excluding hydrogens is 249 g/mol. The van der Waals surface area contributed by atoms with Gasteiger partial charge in [0.1, 0.15) is 5.82 Å². The number of hydrogen-bond donors (Lipinski definition) is 0. The number of benzene rings is 1. The lowest BCUT2D eigenvalue weighted by Gasteiger charge is -2.21. The van der Waals surface area contributed by atoms with E-state index < -0.39 is 5.82 Å². The molecule has 1 aliphatic carbocycles. The number of hydrogen-bond acceptors (Lipinski definition) is 1. The lowest BCUT2D eigenvalue weighted by atomic mass is 9.80. The maximum absolute atomic E-state index is 13.4. The van der Waals surface area contributed by atoms with Crippen LogP contribution in [0.25, 0.3) is 0 Å². The molecule has 2 unspecified atom stereocenters. The first-order valence-corrected chi connectivity index (χ1v) is 6.82. The molecule has 0 bridgehead atoms. The first-order chi connectivity index (χ1) is 8.60. The summed E-state index contributed by atoms with van der Waals surface area (Å²) in [6.07, 6.45) is 4.58. The fourth-order valence-electron chi connectivity index (χ4n) is 2.94. The van der Waals surface area contributed by atoms with Crippen LogP contribution in [-0.2, 0) is 6.42 Å². The minimum Gasteiger partial charge on any atom is -0.205 e. The second-order valence-electron chi connectivity index (χ2n) is 5.30. The van der Waals surface area contributed by atoms with Crippen molar-refractivity contribution in [2.24, 2.45) is 11.3 Å². The molecular formula is C15H17ClFN. The Morgan fingerprint density at radius 3 is 2.94 bits per heavy atom. The molecule has 0 amide bonds. The molecule has 1 saturated carbocycles. The molecule has 0 spiro atoms. The van der Waals surface area contributed by atoms with Crippen molar-refractivity contribution in [2.45, 2.75) is 39.0 Å². The molecule has 2 rings (SSSR count). The standard InChI is InChI=1S/C15H17ClFN/c1-2-11-6-7-15(8-11,10-18)9-12-4-3-5-13(17)14(12)16/h3-5,11H,2,6-9H2,1H3. The quantitative estimate of drug-likeness (QED) is 0.774. The molecule has 0 heterocycles. The van der Waals surface area contributed by atoms with Gasteiger partial charge in [0, 0.05) is 0 Å². The average molecular weight is 266 g/mol. The van der Waals surface area contributed by atoms with Gasteiger partial charge >= 0.3 is 0 Å². The molecule has 1 aliphatic rings. The minimum absolute atomic E-state index is 0.173. The van der Waals surface area contributed by atoms with E-state index in [9.17, 15) is 9.65 Å². The fraction of sp³-hybridized carbons (Fsp3) is 0.533. The van der Waals surface area contributed by atoms with Gasteiger partial charge < -0.3 is 0 Å². The third-order valence-electron chi connectivity index (χ3n) is 4.09. The van der Waals surface area contributed by atoms with Crippen LogP contribution in [0.3, 0.4) is 0 Å². The average Bonchev–Trinajstić information content (AvgIpc) is 2.79. The smallest absolute Gasteiger partial charge is 0.142 e. The third-order valence-corrected chi connectivity index (χ3v) is 4.51. The van der Waals surface area contributed by atoms with Crippen molar-refractivity contribution >= 4 is 11.6 Å².